The summed E-state index contributed by atoms with van der Waals surface area (Å²) in [6.45, 7) is 3.18. The van der Waals surface area contributed by atoms with Gasteiger partial charge in [-0.2, -0.15) is 0 Å². The summed E-state index contributed by atoms with van der Waals surface area (Å²) >= 11 is 5.85. The summed E-state index contributed by atoms with van der Waals surface area (Å²) in [5, 5.41) is 0.592. The average molecular weight is 382 g/mol. The molecule has 2 N–H and O–H groups in total. The molecule has 1 atom stereocenters. The fraction of sp³-hybridized carbons (Fsp3) is 0.353. The second-order valence-electron chi connectivity index (χ2n) is 6.14. The molecule has 1 saturated heterocycles. The number of rotatable bonds is 5. The van der Waals surface area contributed by atoms with Crippen LogP contribution in [0.1, 0.15) is 41.9 Å². The summed E-state index contributed by atoms with van der Waals surface area (Å²) < 4.78 is 27.7. The van der Waals surface area contributed by atoms with Gasteiger partial charge in [0.25, 0.3) is 5.91 Å². The standard InChI is InChI=1S/C17H20ClN3O3S/c1-12(13-4-6-14(18)7-5-13)20-25(23,24)15-10-16(19-11-15)17(22)21-8-2-3-9-21/h4-7,10-12,19-20H,2-3,8-9H2,1H3. The van der Waals surface area contributed by atoms with E-state index < -0.39 is 16.1 Å². The van der Waals surface area contributed by atoms with Crippen molar-refractivity contribution in [3.05, 3.63) is 52.8 Å². The lowest BCUT2D eigenvalue weighted by Gasteiger charge is -2.14. The molecule has 3 rings (SSSR count). The topological polar surface area (TPSA) is 82.3 Å². The summed E-state index contributed by atoms with van der Waals surface area (Å²) in [6, 6.07) is 7.94. The Bertz CT molecular complexity index is 856. The van der Waals surface area contributed by atoms with Crippen molar-refractivity contribution in [2.75, 3.05) is 13.1 Å². The molecule has 0 radical (unpaired) electrons. The van der Waals surface area contributed by atoms with Crippen molar-refractivity contribution in [2.45, 2.75) is 30.7 Å². The minimum absolute atomic E-state index is 0.0517. The molecular weight excluding hydrogens is 362 g/mol. The van der Waals surface area contributed by atoms with Gasteiger partial charge in [0.2, 0.25) is 10.0 Å². The quantitative estimate of drug-likeness (QED) is 0.835. The second kappa shape index (κ2) is 7.19. The van der Waals surface area contributed by atoms with E-state index >= 15 is 0 Å². The van der Waals surface area contributed by atoms with E-state index in [4.69, 9.17) is 11.6 Å². The first kappa shape index (κ1) is 18.0. The van der Waals surface area contributed by atoms with Gasteiger partial charge in [0, 0.05) is 30.4 Å². The second-order valence-corrected chi connectivity index (χ2v) is 8.29. The summed E-state index contributed by atoms with van der Waals surface area (Å²) in [5.74, 6) is -0.162. The Labute approximate surface area is 152 Å². The van der Waals surface area contributed by atoms with Crippen molar-refractivity contribution < 1.29 is 13.2 Å². The van der Waals surface area contributed by atoms with Gasteiger partial charge in [-0.25, -0.2) is 13.1 Å². The van der Waals surface area contributed by atoms with E-state index in [1.54, 1.807) is 36.1 Å². The maximum Gasteiger partial charge on any atom is 0.270 e. The number of nitrogens with zero attached hydrogens (tertiary/aromatic N) is 1. The summed E-state index contributed by atoms with van der Waals surface area (Å²) in [6.07, 6.45) is 3.32. The highest BCUT2D eigenvalue weighted by Gasteiger charge is 2.24. The molecule has 6 nitrogen and oxygen atoms in total. The lowest BCUT2D eigenvalue weighted by Crippen LogP contribution is -2.28. The van der Waals surface area contributed by atoms with Gasteiger partial charge in [-0.1, -0.05) is 23.7 Å². The zero-order valence-corrected chi connectivity index (χ0v) is 15.4. The average Bonchev–Trinajstić information content (AvgIpc) is 3.26. The van der Waals surface area contributed by atoms with Crippen LogP contribution in [-0.4, -0.2) is 37.3 Å². The fourth-order valence-corrected chi connectivity index (χ4v) is 4.21. The van der Waals surface area contributed by atoms with Crippen LogP contribution in [0.5, 0.6) is 0 Å². The highest BCUT2D eigenvalue weighted by Crippen LogP contribution is 2.20. The van der Waals surface area contributed by atoms with E-state index in [0.29, 0.717) is 23.8 Å². The molecular formula is C17H20ClN3O3S. The number of H-pyrrole nitrogens is 1. The number of aromatic nitrogens is 1. The van der Waals surface area contributed by atoms with Crippen molar-refractivity contribution in [3.63, 3.8) is 0 Å². The van der Waals surface area contributed by atoms with Crippen molar-refractivity contribution in [1.29, 1.82) is 0 Å². The van der Waals surface area contributed by atoms with E-state index in [1.807, 2.05) is 0 Å². The van der Waals surface area contributed by atoms with Crippen LogP contribution in [0.3, 0.4) is 0 Å². The molecule has 1 fully saturated rings. The number of sulfonamides is 1. The minimum atomic E-state index is -3.74. The molecule has 1 aromatic heterocycles. The highest BCUT2D eigenvalue weighted by molar-refractivity contribution is 7.89. The summed E-state index contributed by atoms with van der Waals surface area (Å²) in [4.78, 5) is 16.9. The molecule has 1 aromatic carbocycles. The van der Waals surface area contributed by atoms with E-state index in [9.17, 15) is 13.2 Å². The SMILES string of the molecule is CC(NS(=O)(=O)c1c[nH]c(C(=O)N2CCCC2)c1)c1ccc(Cl)cc1. The number of hydrogen-bond acceptors (Lipinski definition) is 3. The maximum absolute atomic E-state index is 12.6. The normalized spacial score (nSPS) is 16.2. The summed E-state index contributed by atoms with van der Waals surface area (Å²) in [7, 11) is -3.74. The minimum Gasteiger partial charge on any atom is -0.356 e. The fourth-order valence-electron chi connectivity index (χ4n) is 2.86. The molecule has 1 amide bonds. The van der Waals surface area contributed by atoms with Crippen LogP contribution < -0.4 is 4.72 Å². The molecule has 1 unspecified atom stereocenters. The summed E-state index contributed by atoms with van der Waals surface area (Å²) in [5.41, 5.74) is 1.10. The molecule has 8 heteroatoms. The van der Waals surface area contributed by atoms with Gasteiger partial charge in [0.15, 0.2) is 0 Å². The van der Waals surface area contributed by atoms with Crippen LogP contribution in [0.4, 0.5) is 0 Å². The Morgan fingerprint density at radius 1 is 1.24 bits per heavy atom. The Morgan fingerprint density at radius 3 is 2.52 bits per heavy atom. The van der Waals surface area contributed by atoms with Gasteiger partial charge in [-0.05, 0) is 43.5 Å². The number of carbonyl (C=O) groups excluding carboxylic acids is 1. The van der Waals surface area contributed by atoms with Gasteiger partial charge in [-0.15, -0.1) is 0 Å². The van der Waals surface area contributed by atoms with Crippen molar-refractivity contribution in [3.8, 4) is 0 Å². The Balaban J connectivity index is 1.74. The first-order chi connectivity index (χ1) is 11.9. The van der Waals surface area contributed by atoms with E-state index in [1.165, 1.54) is 12.3 Å². The third-order valence-corrected chi connectivity index (χ3v) is 6.06. The van der Waals surface area contributed by atoms with E-state index in [2.05, 4.69) is 9.71 Å². The van der Waals surface area contributed by atoms with Gasteiger partial charge in [0.1, 0.15) is 10.6 Å². The van der Waals surface area contributed by atoms with Gasteiger partial charge in [0.05, 0.1) is 0 Å². The number of hydrogen-bond donors (Lipinski definition) is 2. The van der Waals surface area contributed by atoms with Crippen molar-refractivity contribution in [2.24, 2.45) is 0 Å². The molecule has 1 aliphatic heterocycles. The molecule has 2 aromatic rings. The Morgan fingerprint density at radius 2 is 1.88 bits per heavy atom. The number of amides is 1. The predicted octanol–water partition coefficient (Wildman–Crippen LogP) is 2.94. The molecule has 25 heavy (non-hydrogen) atoms. The van der Waals surface area contributed by atoms with Crippen LogP contribution in [0, 0.1) is 0 Å². The molecule has 1 aliphatic rings. The lowest BCUT2D eigenvalue weighted by atomic mass is 10.1. The Kier molecular flexibility index (Phi) is 5.17. The monoisotopic (exact) mass is 381 g/mol. The number of halogens is 1. The Hall–Kier alpha value is -1.83. The molecule has 0 saturated carbocycles. The zero-order valence-electron chi connectivity index (χ0n) is 13.8. The lowest BCUT2D eigenvalue weighted by molar-refractivity contribution is 0.0787. The molecule has 2 heterocycles. The van der Waals surface area contributed by atoms with Crippen LogP contribution in [0.25, 0.3) is 0 Å². The van der Waals surface area contributed by atoms with Gasteiger partial charge >= 0.3 is 0 Å². The number of likely N-dealkylation sites (tertiary alicyclic amines) is 1. The van der Waals surface area contributed by atoms with Crippen LogP contribution in [-0.2, 0) is 10.0 Å². The molecule has 134 valence electrons. The van der Waals surface area contributed by atoms with E-state index in [-0.39, 0.29) is 10.8 Å². The van der Waals surface area contributed by atoms with Crippen LogP contribution in [0.15, 0.2) is 41.4 Å². The predicted molar refractivity (Wildman–Crippen MR) is 96.1 cm³/mol. The van der Waals surface area contributed by atoms with Crippen LogP contribution in [0.2, 0.25) is 5.02 Å². The maximum atomic E-state index is 12.6. The number of nitrogens with one attached hydrogen (secondary N) is 2. The number of benzene rings is 1. The van der Waals surface area contributed by atoms with Gasteiger partial charge in [-0.3, -0.25) is 4.79 Å². The van der Waals surface area contributed by atoms with E-state index in [0.717, 1.165) is 18.4 Å². The molecule has 0 bridgehead atoms. The number of carbonyl (C=O) groups is 1. The smallest absolute Gasteiger partial charge is 0.270 e. The zero-order chi connectivity index (χ0) is 18.0. The first-order valence-electron chi connectivity index (χ1n) is 8.12. The largest absolute Gasteiger partial charge is 0.356 e. The van der Waals surface area contributed by atoms with Crippen molar-refractivity contribution >= 4 is 27.5 Å². The molecule has 0 spiro atoms. The number of aromatic amines is 1. The highest BCUT2D eigenvalue weighted by atomic mass is 35.5. The third kappa shape index (κ3) is 4.05. The molecule has 0 aliphatic carbocycles. The van der Waals surface area contributed by atoms with Crippen molar-refractivity contribution in [1.82, 2.24) is 14.6 Å². The van der Waals surface area contributed by atoms with Gasteiger partial charge < -0.3 is 9.88 Å². The van der Waals surface area contributed by atoms with Crippen LogP contribution >= 0.6 is 11.6 Å². The first-order valence-corrected chi connectivity index (χ1v) is 9.98. The third-order valence-electron chi connectivity index (χ3n) is 4.29.